The van der Waals surface area contributed by atoms with Crippen LogP contribution in [0.1, 0.15) is 45.2 Å². The number of hydrogen-bond donors (Lipinski definition) is 4. The van der Waals surface area contributed by atoms with Gasteiger partial charge < -0.3 is 25.2 Å². The Morgan fingerprint density at radius 2 is 1.60 bits per heavy atom. The van der Waals surface area contributed by atoms with Gasteiger partial charge in [0.15, 0.2) is 11.5 Å². The first-order valence-corrected chi connectivity index (χ1v) is 8.42. The van der Waals surface area contributed by atoms with Gasteiger partial charge in [-0.1, -0.05) is 26.8 Å². The lowest BCUT2D eigenvalue weighted by atomic mass is 9.61. The van der Waals surface area contributed by atoms with Gasteiger partial charge in [0.05, 0.1) is 0 Å². The minimum atomic E-state index is -0.958. The Balaban J connectivity index is 2.28. The smallest absolute Gasteiger partial charge is 0.200 e. The van der Waals surface area contributed by atoms with Crippen molar-refractivity contribution in [3.8, 4) is 28.7 Å². The lowest BCUT2D eigenvalue weighted by molar-refractivity contribution is -0.0350. The molecule has 5 heteroatoms. The summed E-state index contributed by atoms with van der Waals surface area (Å²) < 4.78 is 6.20. The molecule has 0 aliphatic carbocycles. The molecule has 1 aliphatic heterocycles. The molecule has 5 nitrogen and oxygen atoms in total. The van der Waals surface area contributed by atoms with Crippen molar-refractivity contribution in [2.24, 2.45) is 5.92 Å². The fourth-order valence-electron chi connectivity index (χ4n) is 3.98. The van der Waals surface area contributed by atoms with Gasteiger partial charge in [-0.3, -0.25) is 0 Å². The van der Waals surface area contributed by atoms with Crippen LogP contribution in [-0.4, -0.2) is 20.4 Å². The highest BCUT2D eigenvalue weighted by Crippen LogP contribution is 2.58. The van der Waals surface area contributed by atoms with E-state index in [1.54, 1.807) is 12.1 Å². The Kier molecular flexibility index (Phi) is 3.78. The molecule has 0 amide bonds. The summed E-state index contributed by atoms with van der Waals surface area (Å²) in [5, 5.41) is 40.3. The molecule has 0 saturated carbocycles. The van der Waals surface area contributed by atoms with Gasteiger partial charge in [-0.2, -0.15) is 0 Å². The molecule has 25 heavy (non-hydrogen) atoms. The van der Waals surface area contributed by atoms with E-state index >= 15 is 0 Å². The van der Waals surface area contributed by atoms with Gasteiger partial charge in [0, 0.05) is 28.5 Å². The lowest BCUT2D eigenvalue weighted by Gasteiger charge is -2.51. The Hall–Kier alpha value is -2.56. The van der Waals surface area contributed by atoms with Crippen LogP contribution in [0.5, 0.6) is 28.7 Å². The Bertz CT molecular complexity index is 831. The van der Waals surface area contributed by atoms with Crippen LogP contribution in [0.25, 0.3) is 0 Å². The summed E-state index contributed by atoms with van der Waals surface area (Å²) >= 11 is 0. The first-order chi connectivity index (χ1) is 11.6. The molecule has 2 aromatic rings. The van der Waals surface area contributed by atoms with E-state index in [1.807, 2.05) is 13.8 Å². The molecule has 3 unspecified atom stereocenters. The van der Waals surface area contributed by atoms with Crippen molar-refractivity contribution in [1.82, 2.24) is 0 Å². The number of ether oxygens (including phenoxy) is 1. The molecule has 2 aromatic carbocycles. The molecule has 3 atom stereocenters. The van der Waals surface area contributed by atoms with Crippen molar-refractivity contribution >= 4 is 0 Å². The number of hydrogen-bond acceptors (Lipinski definition) is 5. The van der Waals surface area contributed by atoms with E-state index in [2.05, 4.69) is 13.8 Å². The van der Waals surface area contributed by atoms with Crippen LogP contribution in [0.3, 0.4) is 0 Å². The van der Waals surface area contributed by atoms with Crippen LogP contribution in [0.2, 0.25) is 0 Å². The zero-order valence-electron chi connectivity index (χ0n) is 14.9. The van der Waals surface area contributed by atoms with E-state index in [0.717, 1.165) is 12.0 Å². The number of phenols is 4. The van der Waals surface area contributed by atoms with E-state index in [1.165, 1.54) is 18.2 Å². The van der Waals surface area contributed by atoms with Crippen LogP contribution in [0.4, 0.5) is 0 Å². The second-order valence-electron chi connectivity index (χ2n) is 7.21. The number of phenolic OH excluding ortho intramolecular Hbond substituents is 4. The van der Waals surface area contributed by atoms with Crippen LogP contribution >= 0.6 is 0 Å². The van der Waals surface area contributed by atoms with Crippen molar-refractivity contribution in [3.05, 3.63) is 41.5 Å². The van der Waals surface area contributed by atoms with Gasteiger partial charge in [0.2, 0.25) is 5.75 Å². The molecule has 3 rings (SSSR count). The topological polar surface area (TPSA) is 90.2 Å². The van der Waals surface area contributed by atoms with Crippen LogP contribution in [-0.2, 0) is 11.0 Å². The van der Waals surface area contributed by atoms with Crippen molar-refractivity contribution < 1.29 is 25.2 Å². The van der Waals surface area contributed by atoms with E-state index < -0.39 is 5.60 Å². The summed E-state index contributed by atoms with van der Waals surface area (Å²) in [4.78, 5) is 0. The summed E-state index contributed by atoms with van der Waals surface area (Å²) in [7, 11) is 0. The average Bonchev–Trinajstić information content (AvgIpc) is 2.56. The highest BCUT2D eigenvalue weighted by Gasteiger charge is 2.53. The minimum absolute atomic E-state index is 0.0348. The SMILES string of the molecule is CCC1(C)c2ccc(O)c(O)c2OC(C)(c2ccc(O)cc2O)C1C. The molecule has 1 heterocycles. The summed E-state index contributed by atoms with van der Waals surface area (Å²) in [6.07, 6.45) is 0.781. The van der Waals surface area contributed by atoms with Crippen molar-refractivity contribution in [2.45, 2.75) is 45.1 Å². The summed E-state index contributed by atoms with van der Waals surface area (Å²) in [6, 6.07) is 7.65. The predicted molar refractivity (Wildman–Crippen MR) is 94.3 cm³/mol. The maximum absolute atomic E-state index is 10.4. The summed E-state index contributed by atoms with van der Waals surface area (Å²) in [5.74, 6) is -0.477. The molecular formula is C20H24O5. The average molecular weight is 344 g/mol. The zero-order valence-corrected chi connectivity index (χ0v) is 14.9. The maximum Gasteiger partial charge on any atom is 0.200 e. The van der Waals surface area contributed by atoms with Crippen LogP contribution in [0.15, 0.2) is 30.3 Å². The fourth-order valence-corrected chi connectivity index (χ4v) is 3.98. The van der Waals surface area contributed by atoms with E-state index in [4.69, 9.17) is 4.74 Å². The Labute approximate surface area is 147 Å². The van der Waals surface area contributed by atoms with Gasteiger partial charge in [-0.05, 0) is 31.5 Å². The molecular weight excluding hydrogens is 320 g/mol. The van der Waals surface area contributed by atoms with Crippen LogP contribution in [0, 0.1) is 5.92 Å². The molecule has 0 aromatic heterocycles. The highest BCUT2D eigenvalue weighted by molar-refractivity contribution is 5.59. The summed E-state index contributed by atoms with van der Waals surface area (Å²) in [5.41, 5.74) is 0.0398. The third-order valence-corrected chi connectivity index (χ3v) is 6.07. The van der Waals surface area contributed by atoms with Crippen molar-refractivity contribution in [2.75, 3.05) is 0 Å². The molecule has 0 fully saturated rings. The quantitative estimate of drug-likeness (QED) is 0.615. The Morgan fingerprint density at radius 3 is 2.20 bits per heavy atom. The lowest BCUT2D eigenvalue weighted by Crippen LogP contribution is -2.50. The Morgan fingerprint density at radius 1 is 0.960 bits per heavy atom. The monoisotopic (exact) mass is 344 g/mol. The van der Waals surface area contributed by atoms with Gasteiger partial charge >= 0.3 is 0 Å². The number of benzene rings is 2. The van der Waals surface area contributed by atoms with Gasteiger partial charge in [0.25, 0.3) is 0 Å². The molecule has 4 N–H and O–H groups in total. The van der Waals surface area contributed by atoms with E-state index in [9.17, 15) is 20.4 Å². The normalized spacial score (nSPS) is 28.2. The molecule has 0 radical (unpaired) electrons. The highest BCUT2D eigenvalue weighted by atomic mass is 16.5. The van der Waals surface area contributed by atoms with Gasteiger partial charge in [-0.25, -0.2) is 0 Å². The molecule has 0 saturated heterocycles. The van der Waals surface area contributed by atoms with E-state index in [-0.39, 0.29) is 40.1 Å². The zero-order chi connectivity index (χ0) is 18.6. The predicted octanol–water partition coefficient (Wildman–Crippen LogP) is 4.12. The van der Waals surface area contributed by atoms with Gasteiger partial charge in [-0.15, -0.1) is 0 Å². The first-order valence-electron chi connectivity index (χ1n) is 8.42. The number of aromatic hydroxyl groups is 4. The molecule has 0 spiro atoms. The van der Waals surface area contributed by atoms with E-state index in [0.29, 0.717) is 5.56 Å². The third-order valence-electron chi connectivity index (χ3n) is 6.07. The molecule has 1 aliphatic rings. The second-order valence-corrected chi connectivity index (χ2v) is 7.21. The van der Waals surface area contributed by atoms with Crippen molar-refractivity contribution in [1.29, 1.82) is 0 Å². The number of rotatable bonds is 2. The van der Waals surface area contributed by atoms with Crippen LogP contribution < -0.4 is 4.74 Å². The fraction of sp³-hybridized carbons (Fsp3) is 0.400. The maximum atomic E-state index is 10.4. The molecule has 134 valence electrons. The first kappa shape index (κ1) is 17.3. The van der Waals surface area contributed by atoms with Gasteiger partial charge in [0.1, 0.15) is 17.1 Å². The van der Waals surface area contributed by atoms with Crippen molar-refractivity contribution in [3.63, 3.8) is 0 Å². The minimum Gasteiger partial charge on any atom is -0.508 e. The summed E-state index contributed by atoms with van der Waals surface area (Å²) in [6.45, 7) is 8.05. The third kappa shape index (κ3) is 2.29. The number of fused-ring (bicyclic) bond motifs is 1. The second kappa shape index (κ2) is 5.48. The molecule has 0 bridgehead atoms. The largest absolute Gasteiger partial charge is 0.508 e. The standard InChI is InChI=1S/C20H24O5/c1-5-19(3)11(2)20(4,13-7-6-12(21)10-16(13)23)25-18-14(19)8-9-15(22)17(18)24/h6-11,21-24H,5H2,1-4H3.